The van der Waals surface area contributed by atoms with Gasteiger partial charge in [-0.2, -0.15) is 0 Å². The Bertz CT molecular complexity index is 135. The van der Waals surface area contributed by atoms with Crippen molar-refractivity contribution in [3.05, 3.63) is 12.3 Å². The van der Waals surface area contributed by atoms with Crippen LogP contribution in [-0.4, -0.2) is 24.3 Å². The first-order valence-electron chi connectivity index (χ1n) is 2.71. The third-order valence-corrected chi connectivity index (χ3v) is 1.30. The Morgan fingerprint density at radius 2 is 2.50 bits per heavy atom. The predicted octanol–water partition coefficient (Wildman–Crippen LogP) is 0.864. The lowest BCUT2D eigenvalue weighted by atomic mass is 10.4. The third-order valence-electron chi connectivity index (χ3n) is 1.30. The van der Waals surface area contributed by atoms with Crippen molar-refractivity contribution in [1.82, 2.24) is 4.90 Å². The molecule has 0 aliphatic carbocycles. The van der Waals surface area contributed by atoms with Crippen molar-refractivity contribution in [1.29, 1.82) is 0 Å². The minimum atomic E-state index is 0.995. The van der Waals surface area contributed by atoms with E-state index in [2.05, 4.69) is 9.89 Å². The highest BCUT2D eigenvalue weighted by Gasteiger charge is 1.98. The number of aliphatic imine (C=N–C) groups is 1. The monoisotopic (exact) mass is 110 g/mol. The van der Waals surface area contributed by atoms with E-state index < -0.39 is 0 Å². The SMILES string of the molecule is CC1=NC=CCN1C. The van der Waals surface area contributed by atoms with Crippen molar-refractivity contribution in [3.63, 3.8) is 0 Å². The highest BCUT2D eigenvalue weighted by molar-refractivity contribution is 5.80. The van der Waals surface area contributed by atoms with Crippen molar-refractivity contribution < 1.29 is 0 Å². The van der Waals surface area contributed by atoms with Crippen LogP contribution in [0.4, 0.5) is 0 Å². The van der Waals surface area contributed by atoms with Crippen LogP contribution >= 0.6 is 0 Å². The Kier molecular flexibility index (Phi) is 1.33. The van der Waals surface area contributed by atoms with Gasteiger partial charge in [-0.1, -0.05) is 0 Å². The largest absolute Gasteiger partial charge is 0.360 e. The molecule has 0 atom stereocenters. The van der Waals surface area contributed by atoms with Crippen LogP contribution in [0.1, 0.15) is 6.92 Å². The molecule has 0 amide bonds. The third kappa shape index (κ3) is 0.886. The molecule has 0 aromatic heterocycles. The molecule has 1 rings (SSSR count). The maximum absolute atomic E-state index is 4.07. The van der Waals surface area contributed by atoms with E-state index in [0.29, 0.717) is 0 Å². The summed E-state index contributed by atoms with van der Waals surface area (Å²) < 4.78 is 0. The van der Waals surface area contributed by atoms with Crippen molar-refractivity contribution in [2.75, 3.05) is 13.6 Å². The molecule has 0 unspecified atom stereocenters. The van der Waals surface area contributed by atoms with Crippen molar-refractivity contribution in [2.24, 2.45) is 4.99 Å². The molecular weight excluding hydrogens is 100 g/mol. The molecule has 1 aliphatic heterocycles. The molecule has 1 heterocycles. The van der Waals surface area contributed by atoms with Gasteiger partial charge in [0.1, 0.15) is 5.84 Å². The van der Waals surface area contributed by atoms with Gasteiger partial charge >= 0.3 is 0 Å². The molecule has 0 spiro atoms. The van der Waals surface area contributed by atoms with Gasteiger partial charge in [0.25, 0.3) is 0 Å². The first-order chi connectivity index (χ1) is 3.80. The Morgan fingerprint density at radius 1 is 1.75 bits per heavy atom. The van der Waals surface area contributed by atoms with E-state index in [9.17, 15) is 0 Å². The molecule has 0 saturated carbocycles. The number of rotatable bonds is 0. The van der Waals surface area contributed by atoms with E-state index in [4.69, 9.17) is 0 Å². The standard InChI is InChI=1S/C6H10N2/c1-6-7-4-3-5-8(6)2/h3-4H,5H2,1-2H3. The summed E-state index contributed by atoms with van der Waals surface area (Å²) in [6.07, 6.45) is 3.88. The van der Waals surface area contributed by atoms with Gasteiger partial charge < -0.3 is 4.90 Å². The molecule has 0 fully saturated rings. The number of hydrogen-bond acceptors (Lipinski definition) is 2. The number of likely N-dealkylation sites (N-methyl/N-ethyl adjacent to an activating group) is 1. The van der Waals surface area contributed by atoms with E-state index in [1.165, 1.54) is 0 Å². The molecule has 2 heteroatoms. The summed E-state index contributed by atoms with van der Waals surface area (Å²) in [5.41, 5.74) is 0. The van der Waals surface area contributed by atoms with Crippen LogP contribution in [-0.2, 0) is 0 Å². The zero-order valence-electron chi connectivity index (χ0n) is 5.26. The minimum Gasteiger partial charge on any atom is -0.360 e. The molecule has 0 aromatic rings. The normalized spacial score (nSPS) is 18.8. The average molecular weight is 110 g/mol. The molecule has 0 radical (unpaired) electrons. The summed E-state index contributed by atoms with van der Waals surface area (Å²) in [6.45, 7) is 3.00. The van der Waals surface area contributed by atoms with Gasteiger partial charge in [-0.05, 0) is 13.0 Å². The summed E-state index contributed by atoms with van der Waals surface area (Å²) in [6, 6.07) is 0. The Hall–Kier alpha value is -0.790. The second-order valence-electron chi connectivity index (χ2n) is 1.94. The molecule has 8 heavy (non-hydrogen) atoms. The molecule has 2 nitrogen and oxygen atoms in total. The topological polar surface area (TPSA) is 15.6 Å². The summed E-state index contributed by atoms with van der Waals surface area (Å²) >= 11 is 0. The van der Waals surface area contributed by atoms with Crippen LogP contribution in [0.5, 0.6) is 0 Å². The second kappa shape index (κ2) is 1.99. The van der Waals surface area contributed by atoms with E-state index in [0.717, 1.165) is 12.4 Å². The molecule has 0 saturated heterocycles. The highest BCUT2D eigenvalue weighted by Crippen LogP contribution is 1.94. The van der Waals surface area contributed by atoms with Gasteiger partial charge in [0.05, 0.1) is 0 Å². The van der Waals surface area contributed by atoms with Crippen LogP contribution in [0, 0.1) is 0 Å². The van der Waals surface area contributed by atoms with Crippen molar-refractivity contribution in [2.45, 2.75) is 6.92 Å². The van der Waals surface area contributed by atoms with E-state index >= 15 is 0 Å². The molecule has 1 aliphatic rings. The fourth-order valence-corrected chi connectivity index (χ4v) is 0.596. The van der Waals surface area contributed by atoms with Crippen LogP contribution in [0.2, 0.25) is 0 Å². The van der Waals surface area contributed by atoms with Gasteiger partial charge in [0.15, 0.2) is 0 Å². The maximum Gasteiger partial charge on any atom is 0.101 e. The molecule has 0 N–H and O–H groups in total. The van der Waals surface area contributed by atoms with E-state index in [-0.39, 0.29) is 0 Å². The molecule has 0 aromatic carbocycles. The zero-order valence-corrected chi connectivity index (χ0v) is 5.26. The van der Waals surface area contributed by atoms with Gasteiger partial charge in [0.2, 0.25) is 0 Å². The summed E-state index contributed by atoms with van der Waals surface area (Å²) in [7, 11) is 2.03. The summed E-state index contributed by atoms with van der Waals surface area (Å²) in [5.74, 6) is 1.09. The first-order valence-corrected chi connectivity index (χ1v) is 2.71. The maximum atomic E-state index is 4.07. The fourth-order valence-electron chi connectivity index (χ4n) is 0.596. The lowest BCUT2D eigenvalue weighted by Crippen LogP contribution is -2.25. The Balaban J connectivity index is 2.66. The minimum absolute atomic E-state index is 0.995. The quantitative estimate of drug-likeness (QED) is 0.451. The van der Waals surface area contributed by atoms with Gasteiger partial charge in [-0.3, -0.25) is 0 Å². The fraction of sp³-hybridized carbons (Fsp3) is 0.500. The van der Waals surface area contributed by atoms with E-state index in [1.807, 2.05) is 26.2 Å². The number of hydrogen-bond donors (Lipinski definition) is 0. The van der Waals surface area contributed by atoms with Crippen LogP contribution in [0.3, 0.4) is 0 Å². The van der Waals surface area contributed by atoms with Crippen LogP contribution in [0.25, 0.3) is 0 Å². The number of nitrogens with zero attached hydrogens (tertiary/aromatic N) is 2. The van der Waals surface area contributed by atoms with Gasteiger partial charge in [-0.25, -0.2) is 4.99 Å². The summed E-state index contributed by atoms with van der Waals surface area (Å²) in [4.78, 5) is 6.17. The summed E-state index contributed by atoms with van der Waals surface area (Å²) in [5, 5.41) is 0. The lowest BCUT2D eigenvalue weighted by molar-refractivity contribution is 0.553. The van der Waals surface area contributed by atoms with Gasteiger partial charge in [0, 0.05) is 19.8 Å². The molecule has 44 valence electrons. The van der Waals surface area contributed by atoms with E-state index in [1.54, 1.807) is 0 Å². The van der Waals surface area contributed by atoms with Crippen molar-refractivity contribution in [3.8, 4) is 0 Å². The van der Waals surface area contributed by atoms with Gasteiger partial charge in [-0.15, -0.1) is 0 Å². The molecule has 0 bridgehead atoms. The predicted molar refractivity (Wildman–Crippen MR) is 34.9 cm³/mol. The first kappa shape index (κ1) is 5.35. The zero-order chi connectivity index (χ0) is 5.98. The number of amidine groups is 1. The lowest BCUT2D eigenvalue weighted by Gasteiger charge is -2.17. The Morgan fingerprint density at radius 3 is 2.88 bits per heavy atom. The van der Waals surface area contributed by atoms with Crippen LogP contribution < -0.4 is 0 Å². The Labute approximate surface area is 49.5 Å². The second-order valence-corrected chi connectivity index (χ2v) is 1.94. The van der Waals surface area contributed by atoms with Crippen molar-refractivity contribution >= 4 is 5.84 Å². The molecular formula is C6H10N2. The van der Waals surface area contributed by atoms with Crippen LogP contribution in [0.15, 0.2) is 17.3 Å². The average Bonchev–Trinajstić information content (AvgIpc) is 1.77. The highest BCUT2D eigenvalue weighted by atomic mass is 15.2. The smallest absolute Gasteiger partial charge is 0.101 e.